The predicted molar refractivity (Wildman–Crippen MR) is 105 cm³/mol. The number of carbonyl (C=O) groups is 1. The fourth-order valence-electron chi connectivity index (χ4n) is 3.77. The summed E-state index contributed by atoms with van der Waals surface area (Å²) < 4.78 is 12.7. The van der Waals surface area contributed by atoms with Crippen LogP contribution in [-0.4, -0.2) is 42.6 Å². The minimum Gasteiger partial charge on any atom is -0.496 e. The Morgan fingerprint density at radius 3 is 2.67 bits per heavy atom. The van der Waals surface area contributed by atoms with Crippen LogP contribution in [0.15, 0.2) is 18.2 Å². The molecule has 3 rings (SSSR count). The highest BCUT2D eigenvalue weighted by Gasteiger charge is 2.37. The summed E-state index contributed by atoms with van der Waals surface area (Å²) in [6, 6.07) is 6.18. The van der Waals surface area contributed by atoms with Crippen LogP contribution in [-0.2, 0) is 17.2 Å². The van der Waals surface area contributed by atoms with Crippen LogP contribution in [0.1, 0.15) is 40.0 Å². The number of halogens is 1. The summed E-state index contributed by atoms with van der Waals surface area (Å²) in [6.45, 7) is 5.64. The minimum atomic E-state index is -0.242. The lowest BCUT2D eigenvalue weighted by atomic mass is 9.73. The maximum absolute atomic E-state index is 12.8. The smallest absolute Gasteiger partial charge is 0.256 e. The van der Waals surface area contributed by atoms with Gasteiger partial charge in [0.05, 0.1) is 18.4 Å². The van der Waals surface area contributed by atoms with Gasteiger partial charge in [-0.15, -0.1) is 0 Å². The van der Waals surface area contributed by atoms with Crippen molar-refractivity contribution in [3.05, 3.63) is 45.7 Å². The molecule has 0 aliphatic carbocycles. The molecule has 0 spiro atoms. The van der Waals surface area contributed by atoms with Crippen molar-refractivity contribution in [3.63, 3.8) is 0 Å². The fraction of sp³-hybridized carbons (Fsp3) is 0.500. The third-order valence-electron chi connectivity index (χ3n) is 5.34. The molecule has 0 atom stereocenters. The van der Waals surface area contributed by atoms with E-state index in [4.69, 9.17) is 21.1 Å². The molecule has 1 aliphatic rings. The van der Waals surface area contributed by atoms with Crippen LogP contribution < -0.4 is 10.1 Å². The first kappa shape index (κ1) is 19.7. The molecule has 1 aromatic heterocycles. The van der Waals surface area contributed by atoms with Crippen LogP contribution in [0.25, 0.3) is 0 Å². The molecule has 27 heavy (non-hydrogen) atoms. The Bertz CT molecular complexity index is 841. The maximum atomic E-state index is 12.8. The van der Waals surface area contributed by atoms with Crippen LogP contribution in [0, 0.1) is 13.8 Å². The van der Waals surface area contributed by atoms with E-state index in [1.165, 1.54) is 4.68 Å². The maximum Gasteiger partial charge on any atom is 0.256 e. The van der Waals surface area contributed by atoms with Crippen LogP contribution in [0.2, 0.25) is 5.15 Å². The van der Waals surface area contributed by atoms with E-state index in [2.05, 4.69) is 23.4 Å². The summed E-state index contributed by atoms with van der Waals surface area (Å²) in [5, 5.41) is 7.66. The van der Waals surface area contributed by atoms with Gasteiger partial charge in [0, 0.05) is 37.8 Å². The zero-order valence-electron chi connectivity index (χ0n) is 16.3. The second-order valence-electron chi connectivity index (χ2n) is 7.15. The second kappa shape index (κ2) is 7.90. The number of nitrogens with zero attached hydrogens (tertiary/aromatic N) is 2. The van der Waals surface area contributed by atoms with Gasteiger partial charge in [0.25, 0.3) is 5.91 Å². The van der Waals surface area contributed by atoms with Crippen molar-refractivity contribution in [1.82, 2.24) is 15.1 Å². The molecule has 1 N–H and O–H groups in total. The first-order valence-electron chi connectivity index (χ1n) is 9.08. The van der Waals surface area contributed by atoms with Crippen LogP contribution in [0.4, 0.5) is 0 Å². The molecule has 2 heterocycles. The van der Waals surface area contributed by atoms with Gasteiger partial charge in [0.1, 0.15) is 10.9 Å². The standard InChI is InChI=1S/C20H26ClN3O3/c1-13-5-6-16(26-4)15(11-13)20(7-9-27-10-8-20)12-22-19(25)17-14(2)23-24(3)18(17)21/h5-6,11H,7-10,12H2,1-4H3,(H,22,25). The van der Waals surface area contributed by atoms with Crippen molar-refractivity contribution in [2.24, 2.45) is 7.05 Å². The number of nitrogens with one attached hydrogen (secondary N) is 1. The van der Waals surface area contributed by atoms with Crippen molar-refractivity contribution in [2.45, 2.75) is 32.1 Å². The largest absolute Gasteiger partial charge is 0.496 e. The average Bonchev–Trinajstić information content (AvgIpc) is 2.92. The summed E-state index contributed by atoms with van der Waals surface area (Å²) >= 11 is 6.25. The van der Waals surface area contributed by atoms with Gasteiger partial charge in [-0.2, -0.15) is 5.10 Å². The van der Waals surface area contributed by atoms with Crippen molar-refractivity contribution < 1.29 is 14.3 Å². The van der Waals surface area contributed by atoms with Gasteiger partial charge in [-0.3, -0.25) is 9.48 Å². The first-order chi connectivity index (χ1) is 12.9. The molecule has 1 aliphatic heterocycles. The Morgan fingerprint density at radius 1 is 1.37 bits per heavy atom. The van der Waals surface area contributed by atoms with E-state index < -0.39 is 0 Å². The molecule has 1 amide bonds. The third-order valence-corrected chi connectivity index (χ3v) is 5.78. The summed E-state index contributed by atoms with van der Waals surface area (Å²) in [7, 11) is 3.40. The van der Waals surface area contributed by atoms with Crippen molar-refractivity contribution in [2.75, 3.05) is 26.9 Å². The fourth-order valence-corrected chi connectivity index (χ4v) is 4.03. The SMILES string of the molecule is COc1ccc(C)cc1C1(CNC(=O)c2c(C)nn(C)c2Cl)CCOCC1. The Balaban J connectivity index is 1.90. The summed E-state index contributed by atoms with van der Waals surface area (Å²) in [5.74, 6) is 0.635. The zero-order valence-corrected chi connectivity index (χ0v) is 17.0. The molecule has 0 bridgehead atoms. The highest BCUT2D eigenvalue weighted by atomic mass is 35.5. The van der Waals surface area contributed by atoms with Gasteiger partial charge in [0.2, 0.25) is 0 Å². The van der Waals surface area contributed by atoms with Crippen LogP contribution in [0.3, 0.4) is 0 Å². The Hall–Kier alpha value is -2.05. The molecule has 6 nitrogen and oxygen atoms in total. The van der Waals surface area contributed by atoms with Gasteiger partial charge < -0.3 is 14.8 Å². The monoisotopic (exact) mass is 391 g/mol. The molecular weight excluding hydrogens is 366 g/mol. The number of amides is 1. The van der Waals surface area contributed by atoms with Crippen LogP contribution in [0.5, 0.6) is 5.75 Å². The molecule has 1 fully saturated rings. The predicted octanol–water partition coefficient (Wildman–Crippen LogP) is 3.18. The number of aromatic nitrogens is 2. The minimum absolute atomic E-state index is 0.205. The lowest BCUT2D eigenvalue weighted by Crippen LogP contribution is -2.45. The number of carbonyl (C=O) groups excluding carboxylic acids is 1. The normalized spacial score (nSPS) is 16.2. The van der Waals surface area contributed by atoms with E-state index in [0.29, 0.717) is 36.2 Å². The molecule has 1 aromatic carbocycles. The van der Waals surface area contributed by atoms with E-state index in [-0.39, 0.29) is 11.3 Å². The van der Waals surface area contributed by atoms with Crippen LogP contribution >= 0.6 is 11.6 Å². The number of benzene rings is 1. The highest BCUT2D eigenvalue weighted by Crippen LogP contribution is 2.40. The van der Waals surface area contributed by atoms with E-state index in [1.807, 2.05) is 12.1 Å². The quantitative estimate of drug-likeness (QED) is 0.850. The topological polar surface area (TPSA) is 65.4 Å². The van der Waals surface area contributed by atoms with E-state index in [1.54, 1.807) is 21.1 Å². The van der Waals surface area contributed by atoms with Gasteiger partial charge in [-0.05, 0) is 32.8 Å². The van der Waals surface area contributed by atoms with Crippen molar-refractivity contribution in [3.8, 4) is 5.75 Å². The number of hydrogen-bond acceptors (Lipinski definition) is 4. The number of aryl methyl sites for hydroxylation is 3. The molecule has 7 heteroatoms. The molecular formula is C20H26ClN3O3. The number of methoxy groups -OCH3 is 1. The Kier molecular flexibility index (Phi) is 5.77. The molecule has 0 saturated carbocycles. The number of hydrogen-bond donors (Lipinski definition) is 1. The summed E-state index contributed by atoms with van der Waals surface area (Å²) in [6.07, 6.45) is 1.62. The van der Waals surface area contributed by atoms with E-state index >= 15 is 0 Å². The van der Waals surface area contributed by atoms with E-state index in [9.17, 15) is 4.79 Å². The van der Waals surface area contributed by atoms with Crippen molar-refractivity contribution in [1.29, 1.82) is 0 Å². The lowest BCUT2D eigenvalue weighted by Gasteiger charge is -2.38. The Labute approximate surface area is 164 Å². The Morgan fingerprint density at radius 2 is 2.07 bits per heavy atom. The van der Waals surface area contributed by atoms with Crippen molar-refractivity contribution >= 4 is 17.5 Å². The second-order valence-corrected chi connectivity index (χ2v) is 7.51. The lowest BCUT2D eigenvalue weighted by molar-refractivity contribution is 0.0479. The number of rotatable bonds is 5. The van der Waals surface area contributed by atoms with Gasteiger partial charge in [-0.25, -0.2) is 0 Å². The van der Waals surface area contributed by atoms with Gasteiger partial charge in [-0.1, -0.05) is 29.3 Å². The highest BCUT2D eigenvalue weighted by molar-refractivity contribution is 6.33. The third kappa shape index (κ3) is 3.82. The van der Waals surface area contributed by atoms with Gasteiger partial charge in [0.15, 0.2) is 0 Å². The zero-order chi connectivity index (χ0) is 19.6. The molecule has 0 unspecified atom stereocenters. The number of ether oxygens (including phenoxy) is 2. The molecule has 2 aromatic rings. The molecule has 0 radical (unpaired) electrons. The summed E-state index contributed by atoms with van der Waals surface area (Å²) in [4.78, 5) is 12.8. The van der Waals surface area contributed by atoms with E-state index in [0.717, 1.165) is 29.7 Å². The molecule has 1 saturated heterocycles. The first-order valence-corrected chi connectivity index (χ1v) is 9.46. The molecule has 146 valence electrons. The average molecular weight is 392 g/mol. The van der Waals surface area contributed by atoms with Gasteiger partial charge >= 0.3 is 0 Å². The summed E-state index contributed by atoms with van der Waals surface area (Å²) in [5.41, 5.74) is 3.08.